The molecule has 0 atom stereocenters. The molecule has 29 heavy (non-hydrogen) atoms. The van der Waals surface area contributed by atoms with Gasteiger partial charge in [0.1, 0.15) is 5.00 Å². The van der Waals surface area contributed by atoms with E-state index in [-0.39, 0.29) is 30.0 Å². The lowest BCUT2D eigenvalue weighted by Gasteiger charge is -2.18. The number of carbonyl (C=O) groups is 4. The van der Waals surface area contributed by atoms with Crippen molar-refractivity contribution in [1.82, 2.24) is 10.2 Å². The molecule has 2 rings (SSSR count). The van der Waals surface area contributed by atoms with Gasteiger partial charge in [-0.05, 0) is 32.3 Å². The molecule has 1 fully saturated rings. The van der Waals surface area contributed by atoms with Crippen molar-refractivity contribution in [2.45, 2.75) is 53.5 Å². The van der Waals surface area contributed by atoms with Crippen LogP contribution in [0.2, 0.25) is 0 Å². The molecule has 1 heterocycles. The Kier molecular flexibility index (Phi) is 7.05. The number of likely N-dealkylation sites (N-methyl/N-ethyl adjacent to an activating group) is 1. The first-order chi connectivity index (χ1) is 13.4. The van der Waals surface area contributed by atoms with Gasteiger partial charge in [0.2, 0.25) is 11.8 Å². The van der Waals surface area contributed by atoms with Crippen LogP contribution in [0.3, 0.4) is 0 Å². The lowest BCUT2D eigenvalue weighted by atomic mass is 9.96. The fourth-order valence-corrected chi connectivity index (χ4v) is 3.41. The van der Waals surface area contributed by atoms with Crippen LogP contribution in [0.25, 0.3) is 0 Å². The van der Waals surface area contributed by atoms with Gasteiger partial charge in [0, 0.05) is 23.4 Å². The zero-order chi connectivity index (χ0) is 21.9. The second-order valence-corrected chi connectivity index (χ2v) is 9.58. The van der Waals surface area contributed by atoms with Gasteiger partial charge < -0.3 is 20.3 Å². The highest BCUT2D eigenvalue weighted by Crippen LogP contribution is 2.34. The zero-order valence-electron chi connectivity index (χ0n) is 17.8. The third-order valence-electron chi connectivity index (χ3n) is 4.57. The Labute approximate surface area is 175 Å². The second-order valence-electron chi connectivity index (χ2n) is 8.36. The number of anilines is 1. The fourth-order valence-electron chi connectivity index (χ4n) is 2.37. The number of nitrogens with zero attached hydrogens (tertiary/aromatic N) is 1. The van der Waals surface area contributed by atoms with Crippen molar-refractivity contribution in [3.63, 3.8) is 0 Å². The molecule has 9 heteroatoms. The van der Waals surface area contributed by atoms with E-state index < -0.39 is 23.9 Å². The summed E-state index contributed by atoms with van der Waals surface area (Å²) in [7, 11) is 1.48. The Morgan fingerprint density at radius 1 is 1.17 bits per heavy atom. The van der Waals surface area contributed by atoms with E-state index in [1.54, 1.807) is 27.7 Å². The topological polar surface area (TPSA) is 105 Å². The van der Waals surface area contributed by atoms with Crippen molar-refractivity contribution < 1.29 is 23.9 Å². The Morgan fingerprint density at radius 2 is 1.79 bits per heavy atom. The van der Waals surface area contributed by atoms with Crippen LogP contribution in [0.5, 0.6) is 0 Å². The quantitative estimate of drug-likeness (QED) is 0.655. The van der Waals surface area contributed by atoms with Crippen molar-refractivity contribution in [1.29, 1.82) is 0 Å². The summed E-state index contributed by atoms with van der Waals surface area (Å²) in [6, 6.07) is 0.218. The van der Waals surface area contributed by atoms with Crippen LogP contribution in [0.4, 0.5) is 5.00 Å². The molecule has 0 unspecified atom stereocenters. The average Bonchev–Trinajstić information content (AvgIpc) is 3.37. The summed E-state index contributed by atoms with van der Waals surface area (Å²) in [5.74, 6) is -1.61. The molecule has 8 nitrogen and oxygen atoms in total. The lowest BCUT2D eigenvalue weighted by Crippen LogP contribution is -2.40. The second kappa shape index (κ2) is 8.94. The molecule has 1 saturated carbocycles. The number of amides is 3. The van der Waals surface area contributed by atoms with E-state index in [0.717, 1.165) is 17.7 Å². The highest BCUT2D eigenvalue weighted by molar-refractivity contribution is 7.16. The van der Waals surface area contributed by atoms with Crippen molar-refractivity contribution in [3.05, 3.63) is 16.0 Å². The van der Waals surface area contributed by atoms with Gasteiger partial charge in [0.25, 0.3) is 5.91 Å². The highest BCUT2D eigenvalue weighted by atomic mass is 32.1. The summed E-state index contributed by atoms with van der Waals surface area (Å²) in [6.45, 7) is 8.39. The minimum Gasteiger partial charge on any atom is -0.452 e. The number of thiophene rings is 1. The molecule has 2 N–H and O–H groups in total. The van der Waals surface area contributed by atoms with Crippen LogP contribution < -0.4 is 10.6 Å². The maximum atomic E-state index is 12.6. The van der Waals surface area contributed by atoms with Crippen molar-refractivity contribution in [3.8, 4) is 0 Å². The molecule has 1 aliphatic carbocycles. The summed E-state index contributed by atoms with van der Waals surface area (Å²) in [6.07, 6.45) is 1.93. The molecule has 0 aliphatic heterocycles. The predicted octanol–water partition coefficient (Wildman–Crippen LogP) is 2.24. The minimum absolute atomic E-state index is 0.0869. The molecule has 1 aromatic rings. The average molecular weight is 424 g/mol. The SMILES string of the molecule is Cc1sc(NC(=O)C(C)(C)C)c(C(=O)OCC(=O)N(C)CC(=O)NC2CC2)c1C. The predicted molar refractivity (Wildman–Crippen MR) is 111 cm³/mol. The lowest BCUT2D eigenvalue weighted by molar-refractivity contribution is -0.137. The van der Waals surface area contributed by atoms with Crippen LogP contribution in [-0.4, -0.2) is 54.8 Å². The van der Waals surface area contributed by atoms with Crippen molar-refractivity contribution in [2.75, 3.05) is 25.5 Å². The van der Waals surface area contributed by atoms with Gasteiger partial charge in [0.15, 0.2) is 6.61 Å². The molecule has 0 spiro atoms. The molecule has 1 aromatic heterocycles. The smallest absolute Gasteiger partial charge is 0.341 e. The van der Waals surface area contributed by atoms with Gasteiger partial charge >= 0.3 is 5.97 Å². The molecule has 3 amide bonds. The van der Waals surface area contributed by atoms with E-state index in [1.165, 1.54) is 23.3 Å². The molecule has 0 bridgehead atoms. The van der Waals surface area contributed by atoms with Gasteiger partial charge in [-0.3, -0.25) is 14.4 Å². The maximum Gasteiger partial charge on any atom is 0.341 e. The largest absolute Gasteiger partial charge is 0.452 e. The maximum absolute atomic E-state index is 12.6. The number of esters is 1. The fraction of sp³-hybridized carbons (Fsp3) is 0.600. The Balaban J connectivity index is 1.98. The van der Waals surface area contributed by atoms with Crippen LogP contribution in [0.1, 0.15) is 54.4 Å². The highest BCUT2D eigenvalue weighted by Gasteiger charge is 2.28. The Bertz CT molecular complexity index is 821. The van der Waals surface area contributed by atoms with Gasteiger partial charge in [-0.25, -0.2) is 4.79 Å². The summed E-state index contributed by atoms with van der Waals surface area (Å²) >= 11 is 1.29. The first-order valence-electron chi connectivity index (χ1n) is 9.52. The number of hydrogen-bond donors (Lipinski definition) is 2. The third-order valence-corrected chi connectivity index (χ3v) is 5.70. The molecule has 1 aliphatic rings. The number of hydrogen-bond acceptors (Lipinski definition) is 6. The van der Waals surface area contributed by atoms with E-state index in [0.29, 0.717) is 10.6 Å². The first kappa shape index (κ1) is 22.9. The summed E-state index contributed by atoms with van der Waals surface area (Å²) in [4.78, 5) is 51.0. The van der Waals surface area contributed by atoms with Crippen molar-refractivity contribution >= 4 is 40.0 Å². The molecular formula is C20H29N3O5S. The molecule has 0 saturated heterocycles. The normalized spacial score (nSPS) is 13.6. The number of rotatable bonds is 7. The zero-order valence-corrected chi connectivity index (χ0v) is 18.6. The Morgan fingerprint density at radius 3 is 2.34 bits per heavy atom. The minimum atomic E-state index is -0.680. The summed E-state index contributed by atoms with van der Waals surface area (Å²) in [5.41, 5.74) is 0.341. The monoisotopic (exact) mass is 423 g/mol. The van der Waals surface area contributed by atoms with Gasteiger partial charge in [-0.1, -0.05) is 20.8 Å². The standard InChI is InChI=1S/C20H29N3O5S/c1-11-12(2)29-17(22-19(27)20(3,4)5)16(11)18(26)28-10-15(25)23(6)9-14(24)21-13-7-8-13/h13H,7-10H2,1-6H3,(H,21,24)(H,22,27). The van der Waals surface area contributed by atoms with Crippen LogP contribution in [-0.2, 0) is 19.1 Å². The van der Waals surface area contributed by atoms with Gasteiger partial charge in [-0.2, -0.15) is 0 Å². The number of nitrogens with one attached hydrogen (secondary N) is 2. The number of ether oxygens (including phenoxy) is 1. The number of carbonyl (C=O) groups excluding carboxylic acids is 4. The van der Waals surface area contributed by atoms with E-state index in [1.807, 2.05) is 6.92 Å². The van der Waals surface area contributed by atoms with Crippen molar-refractivity contribution in [2.24, 2.45) is 5.41 Å². The van der Waals surface area contributed by atoms with E-state index in [4.69, 9.17) is 4.74 Å². The number of aryl methyl sites for hydroxylation is 1. The van der Waals surface area contributed by atoms with E-state index >= 15 is 0 Å². The molecule has 160 valence electrons. The molecule has 0 radical (unpaired) electrons. The summed E-state index contributed by atoms with van der Waals surface area (Å²) in [5, 5.41) is 5.99. The molecule has 0 aromatic carbocycles. The first-order valence-corrected chi connectivity index (χ1v) is 10.3. The molecular weight excluding hydrogens is 394 g/mol. The van der Waals surface area contributed by atoms with Gasteiger partial charge in [0.05, 0.1) is 12.1 Å². The third kappa shape index (κ3) is 6.28. The van der Waals surface area contributed by atoms with E-state index in [9.17, 15) is 19.2 Å². The van der Waals surface area contributed by atoms with Gasteiger partial charge in [-0.15, -0.1) is 11.3 Å². The van der Waals surface area contributed by atoms with Crippen LogP contribution >= 0.6 is 11.3 Å². The van der Waals surface area contributed by atoms with E-state index in [2.05, 4.69) is 10.6 Å². The summed E-state index contributed by atoms with van der Waals surface area (Å²) < 4.78 is 5.18. The Hall–Kier alpha value is -2.42. The van der Waals surface area contributed by atoms with Crippen LogP contribution in [0.15, 0.2) is 0 Å². The van der Waals surface area contributed by atoms with Crippen LogP contribution in [0, 0.1) is 19.3 Å².